The topological polar surface area (TPSA) is 88.1 Å². The van der Waals surface area contributed by atoms with E-state index in [1.54, 1.807) is 12.1 Å². The zero-order valence-electron chi connectivity index (χ0n) is 12.7. The number of hydrogen-bond acceptors (Lipinski definition) is 5. The fraction of sp³-hybridized carbons (Fsp3) is 0.467. The minimum atomic E-state index is -1.92. The van der Waals surface area contributed by atoms with Crippen LogP contribution in [0.4, 0.5) is 11.4 Å². The SMILES string of the molecule is COC(C)(C(=O)O)C(=O)Nc1cccc(N2CCOCC2)c1. The number of carbonyl (C=O) groups is 2. The summed E-state index contributed by atoms with van der Waals surface area (Å²) >= 11 is 0. The first kappa shape index (κ1) is 16.3. The molecule has 120 valence electrons. The van der Waals surface area contributed by atoms with Gasteiger partial charge >= 0.3 is 5.97 Å². The number of aliphatic carboxylic acids is 1. The molecule has 7 nitrogen and oxygen atoms in total. The fourth-order valence-corrected chi connectivity index (χ4v) is 2.13. The van der Waals surface area contributed by atoms with Gasteiger partial charge < -0.3 is 24.8 Å². The third-order valence-electron chi connectivity index (χ3n) is 3.73. The minimum absolute atomic E-state index is 0.526. The van der Waals surface area contributed by atoms with E-state index < -0.39 is 17.5 Å². The molecule has 7 heteroatoms. The van der Waals surface area contributed by atoms with E-state index in [0.717, 1.165) is 18.8 Å². The van der Waals surface area contributed by atoms with Gasteiger partial charge in [0.05, 0.1) is 13.2 Å². The van der Waals surface area contributed by atoms with Crippen LogP contribution in [-0.4, -0.2) is 56.0 Å². The second kappa shape index (κ2) is 6.76. The molecule has 0 aromatic heterocycles. The summed E-state index contributed by atoms with van der Waals surface area (Å²) in [5.74, 6) is -2.06. The van der Waals surface area contributed by atoms with Crippen LogP contribution in [-0.2, 0) is 19.1 Å². The number of carbonyl (C=O) groups excluding carboxylic acids is 1. The molecule has 1 aliphatic heterocycles. The number of rotatable bonds is 5. The molecule has 2 N–H and O–H groups in total. The van der Waals surface area contributed by atoms with Crippen LogP contribution in [0.2, 0.25) is 0 Å². The zero-order chi connectivity index (χ0) is 16.2. The average Bonchev–Trinajstić information content (AvgIpc) is 2.54. The van der Waals surface area contributed by atoms with Gasteiger partial charge in [-0.3, -0.25) is 4.79 Å². The molecule has 0 aliphatic carbocycles. The smallest absolute Gasteiger partial charge is 0.345 e. The summed E-state index contributed by atoms with van der Waals surface area (Å²) < 4.78 is 10.1. The number of nitrogens with zero attached hydrogens (tertiary/aromatic N) is 1. The molecule has 22 heavy (non-hydrogen) atoms. The van der Waals surface area contributed by atoms with Crippen LogP contribution in [0.1, 0.15) is 6.92 Å². The van der Waals surface area contributed by atoms with E-state index in [9.17, 15) is 9.59 Å². The summed E-state index contributed by atoms with van der Waals surface area (Å²) in [4.78, 5) is 25.5. The van der Waals surface area contributed by atoms with E-state index in [1.165, 1.54) is 14.0 Å². The summed E-state index contributed by atoms with van der Waals surface area (Å²) in [6.07, 6.45) is 0. The van der Waals surface area contributed by atoms with E-state index in [-0.39, 0.29) is 0 Å². The predicted octanol–water partition coefficient (Wildman–Crippen LogP) is 0.951. The minimum Gasteiger partial charge on any atom is -0.479 e. The van der Waals surface area contributed by atoms with Crippen molar-refractivity contribution in [3.05, 3.63) is 24.3 Å². The Labute approximate surface area is 128 Å². The summed E-state index contributed by atoms with van der Waals surface area (Å²) in [5, 5.41) is 11.7. The summed E-state index contributed by atoms with van der Waals surface area (Å²) in [7, 11) is 1.19. The normalized spacial score (nSPS) is 17.6. The molecule has 1 aromatic rings. The number of methoxy groups -OCH3 is 1. The second-order valence-corrected chi connectivity index (χ2v) is 5.15. The van der Waals surface area contributed by atoms with Crippen LogP contribution in [0.3, 0.4) is 0 Å². The molecule has 0 spiro atoms. The van der Waals surface area contributed by atoms with Gasteiger partial charge in [-0.1, -0.05) is 6.07 Å². The van der Waals surface area contributed by atoms with Crippen LogP contribution in [0.15, 0.2) is 24.3 Å². The Morgan fingerprint density at radius 2 is 2.05 bits per heavy atom. The third kappa shape index (κ3) is 3.37. The van der Waals surface area contributed by atoms with Gasteiger partial charge in [-0.05, 0) is 25.1 Å². The third-order valence-corrected chi connectivity index (χ3v) is 3.73. The predicted molar refractivity (Wildman–Crippen MR) is 81.2 cm³/mol. The van der Waals surface area contributed by atoms with Crippen molar-refractivity contribution in [3.8, 4) is 0 Å². The molecule has 1 fully saturated rings. The maximum Gasteiger partial charge on any atom is 0.345 e. The first-order valence-electron chi connectivity index (χ1n) is 7.00. The maximum absolute atomic E-state index is 12.1. The molecule has 1 aromatic carbocycles. The number of benzene rings is 1. The highest BCUT2D eigenvalue weighted by molar-refractivity contribution is 6.11. The monoisotopic (exact) mass is 308 g/mol. The molecule has 1 amide bonds. The molecule has 2 rings (SSSR count). The lowest BCUT2D eigenvalue weighted by Crippen LogP contribution is -2.48. The fourth-order valence-electron chi connectivity index (χ4n) is 2.13. The van der Waals surface area contributed by atoms with E-state index in [2.05, 4.69) is 10.2 Å². The number of ether oxygens (including phenoxy) is 2. The first-order valence-corrected chi connectivity index (χ1v) is 7.00. The van der Waals surface area contributed by atoms with Gasteiger partial charge in [0.2, 0.25) is 5.60 Å². The average molecular weight is 308 g/mol. The van der Waals surface area contributed by atoms with Gasteiger partial charge in [-0.2, -0.15) is 0 Å². The van der Waals surface area contributed by atoms with Crippen LogP contribution in [0, 0.1) is 0 Å². The number of carboxylic acids is 1. The first-order chi connectivity index (χ1) is 10.5. The Bertz CT molecular complexity index is 557. The van der Waals surface area contributed by atoms with E-state index >= 15 is 0 Å². The molecule has 1 aliphatic rings. The summed E-state index contributed by atoms with van der Waals surface area (Å²) in [5.41, 5.74) is -0.441. The van der Waals surface area contributed by atoms with Crippen LogP contribution in [0.5, 0.6) is 0 Å². The highest BCUT2D eigenvalue weighted by Gasteiger charge is 2.41. The largest absolute Gasteiger partial charge is 0.479 e. The number of morpholine rings is 1. The number of anilines is 2. The van der Waals surface area contributed by atoms with Gasteiger partial charge in [0.1, 0.15) is 0 Å². The van der Waals surface area contributed by atoms with Crippen molar-refractivity contribution in [2.24, 2.45) is 0 Å². The molecular formula is C15H20N2O5. The molecule has 1 unspecified atom stereocenters. The summed E-state index contributed by atoms with van der Waals surface area (Å²) in [6, 6.07) is 7.26. The molecule has 1 heterocycles. The standard InChI is InChI=1S/C15H20N2O5/c1-15(21-2,14(19)20)13(18)16-11-4-3-5-12(10-11)17-6-8-22-9-7-17/h3-5,10H,6-9H2,1-2H3,(H,16,18)(H,19,20). The van der Waals surface area contributed by atoms with Gasteiger partial charge in [0.15, 0.2) is 0 Å². The van der Waals surface area contributed by atoms with Crippen LogP contribution < -0.4 is 10.2 Å². The van der Waals surface area contributed by atoms with Gasteiger partial charge in [-0.25, -0.2) is 4.79 Å². The van der Waals surface area contributed by atoms with Crippen molar-refractivity contribution in [1.29, 1.82) is 0 Å². The zero-order valence-corrected chi connectivity index (χ0v) is 12.7. The van der Waals surface area contributed by atoms with E-state index in [0.29, 0.717) is 18.9 Å². The Balaban J connectivity index is 2.13. The Morgan fingerprint density at radius 3 is 2.64 bits per heavy atom. The molecule has 1 saturated heterocycles. The second-order valence-electron chi connectivity index (χ2n) is 5.15. The number of amides is 1. The number of hydrogen-bond donors (Lipinski definition) is 2. The van der Waals surface area contributed by atoms with E-state index in [4.69, 9.17) is 14.6 Å². The van der Waals surface area contributed by atoms with Crippen molar-refractivity contribution < 1.29 is 24.2 Å². The lowest BCUT2D eigenvalue weighted by atomic mass is 10.1. The Kier molecular flexibility index (Phi) is 4.99. The lowest BCUT2D eigenvalue weighted by Gasteiger charge is -2.29. The highest BCUT2D eigenvalue weighted by Crippen LogP contribution is 2.22. The molecular weight excluding hydrogens is 288 g/mol. The molecule has 0 radical (unpaired) electrons. The summed E-state index contributed by atoms with van der Waals surface area (Å²) in [6.45, 7) is 4.11. The van der Waals surface area contributed by atoms with Gasteiger partial charge in [0, 0.05) is 31.6 Å². The molecule has 0 saturated carbocycles. The lowest BCUT2D eigenvalue weighted by molar-refractivity contribution is -0.165. The van der Waals surface area contributed by atoms with Crippen molar-refractivity contribution in [2.45, 2.75) is 12.5 Å². The van der Waals surface area contributed by atoms with Crippen molar-refractivity contribution in [2.75, 3.05) is 43.6 Å². The van der Waals surface area contributed by atoms with Gasteiger partial charge in [0.25, 0.3) is 5.91 Å². The highest BCUT2D eigenvalue weighted by atomic mass is 16.5. The molecule has 0 bridgehead atoms. The van der Waals surface area contributed by atoms with Crippen LogP contribution >= 0.6 is 0 Å². The van der Waals surface area contributed by atoms with Crippen molar-refractivity contribution >= 4 is 23.3 Å². The molecule has 1 atom stereocenters. The Morgan fingerprint density at radius 1 is 1.36 bits per heavy atom. The Hall–Kier alpha value is -2.12. The van der Waals surface area contributed by atoms with Gasteiger partial charge in [-0.15, -0.1) is 0 Å². The quantitative estimate of drug-likeness (QED) is 0.788. The number of carboxylic acid groups (broad SMARTS) is 1. The van der Waals surface area contributed by atoms with E-state index in [1.807, 2.05) is 12.1 Å². The van der Waals surface area contributed by atoms with Crippen molar-refractivity contribution in [1.82, 2.24) is 0 Å². The number of nitrogens with one attached hydrogen (secondary N) is 1. The van der Waals surface area contributed by atoms with Crippen molar-refractivity contribution in [3.63, 3.8) is 0 Å². The maximum atomic E-state index is 12.1. The van der Waals surface area contributed by atoms with Crippen LogP contribution in [0.25, 0.3) is 0 Å².